The van der Waals surface area contributed by atoms with Gasteiger partial charge in [0.15, 0.2) is 0 Å². The van der Waals surface area contributed by atoms with Crippen LogP contribution >= 0.6 is 0 Å². The summed E-state index contributed by atoms with van der Waals surface area (Å²) in [4.78, 5) is 12.4. The molecule has 0 saturated heterocycles. The van der Waals surface area contributed by atoms with Gasteiger partial charge < -0.3 is 25.6 Å². The third-order valence-corrected chi connectivity index (χ3v) is 4.40. The van der Waals surface area contributed by atoms with Crippen molar-refractivity contribution in [2.45, 2.75) is 19.1 Å². The number of carbonyl (C=O) groups excluding carboxylic acids is 1. The van der Waals surface area contributed by atoms with Crippen LogP contribution in [0.5, 0.6) is 11.5 Å². The molecule has 0 bridgehead atoms. The molecule has 0 spiro atoms. The first-order chi connectivity index (χ1) is 12.5. The molecular weight excluding hydrogens is 332 g/mol. The number of nitrogens with one attached hydrogen (secondary N) is 1. The Bertz CT molecular complexity index is 721. The van der Waals surface area contributed by atoms with Gasteiger partial charge in [0.05, 0.1) is 26.2 Å². The van der Waals surface area contributed by atoms with E-state index in [2.05, 4.69) is 5.32 Å². The van der Waals surface area contributed by atoms with Gasteiger partial charge in [-0.25, -0.2) is 0 Å². The van der Waals surface area contributed by atoms with Crippen molar-refractivity contribution in [3.63, 3.8) is 0 Å². The van der Waals surface area contributed by atoms with Crippen LogP contribution in [0.15, 0.2) is 48.5 Å². The van der Waals surface area contributed by atoms with Crippen LogP contribution in [0.4, 0.5) is 0 Å². The molecular formula is C20H26N2O4. The predicted molar refractivity (Wildman–Crippen MR) is 100 cm³/mol. The summed E-state index contributed by atoms with van der Waals surface area (Å²) in [6.45, 7) is 1.82. The van der Waals surface area contributed by atoms with E-state index in [-0.39, 0.29) is 12.5 Å². The van der Waals surface area contributed by atoms with Crippen LogP contribution in [0.1, 0.15) is 30.2 Å². The van der Waals surface area contributed by atoms with E-state index in [0.29, 0.717) is 17.1 Å². The number of aliphatic hydroxyl groups is 1. The van der Waals surface area contributed by atoms with Gasteiger partial charge in [0.25, 0.3) is 0 Å². The Morgan fingerprint density at radius 3 is 2.46 bits per heavy atom. The first kappa shape index (κ1) is 19.8. The molecule has 3 atom stereocenters. The summed E-state index contributed by atoms with van der Waals surface area (Å²) in [5.74, 6) is 0.478. The lowest BCUT2D eigenvalue weighted by molar-refractivity contribution is -0.125. The third kappa shape index (κ3) is 4.74. The highest BCUT2D eigenvalue weighted by atomic mass is 16.5. The van der Waals surface area contributed by atoms with Crippen LogP contribution in [-0.2, 0) is 4.79 Å². The van der Waals surface area contributed by atoms with Crippen LogP contribution in [-0.4, -0.2) is 31.8 Å². The molecule has 1 amide bonds. The Kier molecular flexibility index (Phi) is 7.00. The lowest BCUT2D eigenvalue weighted by Crippen LogP contribution is -2.37. The standard InChI is InChI=1S/C20H26N2O4/c1-13(19(21)14-7-5-4-6-8-14)20(24)22-12-17(23)16-11-15(25-2)9-10-18(16)26-3/h4-11,13,17,19,23H,12,21H2,1-3H3,(H,22,24). The highest BCUT2D eigenvalue weighted by Gasteiger charge is 2.23. The second kappa shape index (κ2) is 9.22. The summed E-state index contributed by atoms with van der Waals surface area (Å²) < 4.78 is 10.4. The molecule has 0 fully saturated rings. The van der Waals surface area contributed by atoms with Gasteiger partial charge in [-0.15, -0.1) is 0 Å². The molecule has 6 nitrogen and oxygen atoms in total. The summed E-state index contributed by atoms with van der Waals surface area (Å²) in [6, 6.07) is 14.2. The van der Waals surface area contributed by atoms with E-state index in [1.54, 1.807) is 32.2 Å². The molecule has 0 radical (unpaired) electrons. The van der Waals surface area contributed by atoms with Crippen molar-refractivity contribution in [2.24, 2.45) is 11.7 Å². The molecule has 2 aromatic rings. The van der Waals surface area contributed by atoms with Gasteiger partial charge in [0.1, 0.15) is 11.5 Å². The predicted octanol–water partition coefficient (Wildman–Crippen LogP) is 2.19. The second-order valence-corrected chi connectivity index (χ2v) is 6.09. The van der Waals surface area contributed by atoms with Crippen LogP contribution < -0.4 is 20.5 Å². The Morgan fingerprint density at radius 1 is 1.15 bits per heavy atom. The first-order valence-electron chi connectivity index (χ1n) is 8.46. The molecule has 0 aliphatic heterocycles. The van der Waals surface area contributed by atoms with E-state index in [1.165, 1.54) is 7.11 Å². The Balaban J connectivity index is 2.00. The van der Waals surface area contributed by atoms with Crippen molar-refractivity contribution in [1.82, 2.24) is 5.32 Å². The fourth-order valence-corrected chi connectivity index (χ4v) is 2.70. The number of nitrogens with two attached hydrogens (primary N) is 1. The molecule has 140 valence electrons. The molecule has 2 rings (SSSR count). The number of amides is 1. The molecule has 0 aliphatic carbocycles. The number of benzene rings is 2. The smallest absolute Gasteiger partial charge is 0.224 e. The molecule has 4 N–H and O–H groups in total. The minimum Gasteiger partial charge on any atom is -0.497 e. The van der Waals surface area contributed by atoms with Gasteiger partial charge in [-0.2, -0.15) is 0 Å². The zero-order chi connectivity index (χ0) is 19.1. The topological polar surface area (TPSA) is 93.8 Å². The Hall–Kier alpha value is -2.57. The van der Waals surface area contributed by atoms with Crippen molar-refractivity contribution >= 4 is 5.91 Å². The van der Waals surface area contributed by atoms with Crippen LogP contribution in [0.3, 0.4) is 0 Å². The maximum Gasteiger partial charge on any atom is 0.224 e. The fourth-order valence-electron chi connectivity index (χ4n) is 2.70. The lowest BCUT2D eigenvalue weighted by Gasteiger charge is -2.21. The summed E-state index contributed by atoms with van der Waals surface area (Å²) >= 11 is 0. The van der Waals surface area contributed by atoms with Crippen molar-refractivity contribution in [3.8, 4) is 11.5 Å². The normalized spacial score (nSPS) is 14.2. The zero-order valence-corrected chi connectivity index (χ0v) is 15.3. The van der Waals surface area contributed by atoms with E-state index in [1.807, 2.05) is 30.3 Å². The highest BCUT2D eigenvalue weighted by Crippen LogP contribution is 2.29. The van der Waals surface area contributed by atoms with E-state index in [4.69, 9.17) is 15.2 Å². The molecule has 0 saturated carbocycles. The molecule has 2 aromatic carbocycles. The molecule has 0 aromatic heterocycles. The number of carbonyl (C=O) groups is 1. The summed E-state index contributed by atoms with van der Waals surface area (Å²) in [5.41, 5.74) is 7.62. The van der Waals surface area contributed by atoms with Gasteiger partial charge in [0, 0.05) is 18.2 Å². The van der Waals surface area contributed by atoms with Crippen molar-refractivity contribution in [2.75, 3.05) is 20.8 Å². The fraction of sp³-hybridized carbons (Fsp3) is 0.350. The van der Waals surface area contributed by atoms with Crippen LogP contribution in [0.2, 0.25) is 0 Å². The molecule has 0 aliphatic rings. The number of ether oxygens (including phenoxy) is 2. The SMILES string of the molecule is COc1ccc(OC)c(C(O)CNC(=O)C(C)C(N)c2ccccc2)c1. The molecule has 26 heavy (non-hydrogen) atoms. The quantitative estimate of drug-likeness (QED) is 0.672. The highest BCUT2D eigenvalue weighted by molar-refractivity contribution is 5.79. The Morgan fingerprint density at radius 2 is 1.85 bits per heavy atom. The van der Waals surface area contributed by atoms with Gasteiger partial charge in [-0.05, 0) is 23.8 Å². The summed E-state index contributed by atoms with van der Waals surface area (Å²) in [5, 5.41) is 13.2. The minimum absolute atomic E-state index is 0.0498. The maximum absolute atomic E-state index is 12.4. The summed E-state index contributed by atoms with van der Waals surface area (Å²) in [6.07, 6.45) is -0.927. The van der Waals surface area contributed by atoms with E-state index < -0.39 is 18.1 Å². The number of rotatable bonds is 8. The summed E-state index contributed by atoms with van der Waals surface area (Å²) in [7, 11) is 3.07. The van der Waals surface area contributed by atoms with Crippen molar-refractivity contribution < 1.29 is 19.4 Å². The van der Waals surface area contributed by atoms with Gasteiger partial charge in [-0.1, -0.05) is 37.3 Å². The van der Waals surface area contributed by atoms with Gasteiger partial charge in [0.2, 0.25) is 5.91 Å². The number of hydrogen-bond donors (Lipinski definition) is 3. The maximum atomic E-state index is 12.4. The number of hydrogen-bond acceptors (Lipinski definition) is 5. The number of aliphatic hydroxyl groups excluding tert-OH is 1. The van der Waals surface area contributed by atoms with Gasteiger partial charge in [-0.3, -0.25) is 4.79 Å². The first-order valence-corrected chi connectivity index (χ1v) is 8.46. The van der Waals surface area contributed by atoms with Crippen molar-refractivity contribution in [1.29, 1.82) is 0 Å². The van der Waals surface area contributed by atoms with Gasteiger partial charge >= 0.3 is 0 Å². The monoisotopic (exact) mass is 358 g/mol. The second-order valence-electron chi connectivity index (χ2n) is 6.09. The molecule has 6 heteroatoms. The zero-order valence-electron chi connectivity index (χ0n) is 15.3. The lowest BCUT2D eigenvalue weighted by atomic mass is 9.94. The third-order valence-electron chi connectivity index (χ3n) is 4.40. The largest absolute Gasteiger partial charge is 0.497 e. The van der Waals surface area contributed by atoms with E-state index >= 15 is 0 Å². The van der Waals surface area contributed by atoms with E-state index in [9.17, 15) is 9.90 Å². The molecule has 0 heterocycles. The average Bonchev–Trinajstić information content (AvgIpc) is 2.70. The number of methoxy groups -OCH3 is 2. The van der Waals surface area contributed by atoms with Crippen LogP contribution in [0, 0.1) is 5.92 Å². The minimum atomic E-state index is -0.927. The van der Waals surface area contributed by atoms with E-state index in [0.717, 1.165) is 5.56 Å². The van der Waals surface area contributed by atoms with Crippen LogP contribution in [0.25, 0.3) is 0 Å². The molecule has 3 unspecified atom stereocenters. The average molecular weight is 358 g/mol. The van der Waals surface area contributed by atoms with Crippen molar-refractivity contribution in [3.05, 3.63) is 59.7 Å². The Labute approximate surface area is 153 Å².